The minimum atomic E-state index is -0.513. The Hall–Kier alpha value is -5.08. The molecule has 0 amide bonds. The quantitative estimate of drug-likeness (QED) is 0.230. The molecular weight excluding hydrogens is 460 g/mol. The van der Waals surface area contributed by atoms with E-state index < -0.39 is 36.3 Å². The van der Waals surface area contributed by atoms with Gasteiger partial charge in [0, 0.05) is 32.9 Å². The Labute approximate surface area is 237 Å². The molecule has 0 atom stereocenters. The van der Waals surface area contributed by atoms with Crippen molar-refractivity contribution in [2.75, 3.05) is 0 Å². The van der Waals surface area contributed by atoms with Crippen LogP contribution in [0.3, 0.4) is 0 Å². The summed E-state index contributed by atoms with van der Waals surface area (Å²) in [6, 6.07) is 16.5. The number of hydrogen-bond donors (Lipinski definition) is 0. The molecule has 2 aromatic heterocycles. The van der Waals surface area contributed by atoms with Crippen LogP contribution < -0.4 is 0 Å². The van der Waals surface area contributed by atoms with Crippen molar-refractivity contribution in [3.8, 4) is 22.5 Å². The van der Waals surface area contributed by atoms with E-state index in [4.69, 9.17) is 12.3 Å². The van der Waals surface area contributed by atoms with Gasteiger partial charge in [-0.15, -0.1) is 0 Å². The number of rotatable bonds is 3. The Morgan fingerprint density at radius 2 is 1.00 bits per heavy atom. The average molecular weight is 497 g/mol. The third kappa shape index (κ3) is 3.07. The van der Waals surface area contributed by atoms with E-state index in [1.165, 1.54) is 16.7 Å². The standard InChI is InChI=1S/C36H24N2/c1-2-10-25(11-3-1)26-18-20-27(21-19-26)37-35-17-9-6-14-31(35)32-24-28(22-23-36(32)37)38-33-15-7-4-12-29(33)30-13-5-8-16-34(30)38/h1-24H/i1D,2D,3D,6D,9D,10D,11D,14D,17D,22D,23D,24D. The van der Waals surface area contributed by atoms with Crippen molar-refractivity contribution < 1.29 is 16.4 Å². The number of aromatic nitrogens is 2. The highest BCUT2D eigenvalue weighted by Crippen LogP contribution is 2.37. The second-order valence-electron chi connectivity index (χ2n) is 8.92. The van der Waals surface area contributed by atoms with Crippen molar-refractivity contribution in [2.24, 2.45) is 0 Å². The second-order valence-corrected chi connectivity index (χ2v) is 8.92. The van der Waals surface area contributed by atoms with Gasteiger partial charge in [-0.05, 0) is 59.6 Å². The van der Waals surface area contributed by atoms with Crippen molar-refractivity contribution in [2.45, 2.75) is 0 Å². The Morgan fingerprint density at radius 3 is 1.74 bits per heavy atom. The van der Waals surface area contributed by atoms with Crippen LogP contribution in [0.1, 0.15) is 16.4 Å². The molecule has 178 valence electrons. The van der Waals surface area contributed by atoms with E-state index in [1.54, 1.807) is 16.7 Å². The summed E-state index contributed by atoms with van der Waals surface area (Å²) in [7, 11) is 0. The smallest absolute Gasteiger partial charge is 0.0652 e. The van der Waals surface area contributed by atoms with Crippen LogP contribution in [0.15, 0.2) is 145 Å². The molecule has 2 heterocycles. The maximum absolute atomic E-state index is 9.62. The fourth-order valence-electron chi connectivity index (χ4n) is 5.21. The van der Waals surface area contributed by atoms with Gasteiger partial charge in [-0.25, -0.2) is 0 Å². The molecule has 8 rings (SSSR count). The third-order valence-electron chi connectivity index (χ3n) is 6.86. The number of para-hydroxylation sites is 3. The van der Waals surface area contributed by atoms with Crippen LogP contribution in [0.5, 0.6) is 0 Å². The third-order valence-corrected chi connectivity index (χ3v) is 6.86. The summed E-state index contributed by atoms with van der Waals surface area (Å²) in [5.74, 6) is 0. The number of fused-ring (bicyclic) bond motifs is 6. The van der Waals surface area contributed by atoms with Gasteiger partial charge in [0.25, 0.3) is 0 Å². The van der Waals surface area contributed by atoms with Crippen molar-refractivity contribution >= 4 is 43.6 Å². The fraction of sp³-hybridized carbons (Fsp3) is 0. The molecule has 0 aliphatic carbocycles. The molecule has 38 heavy (non-hydrogen) atoms. The minimum Gasteiger partial charge on any atom is -0.309 e. The molecule has 2 nitrogen and oxygen atoms in total. The van der Waals surface area contributed by atoms with Crippen LogP contribution in [0, 0.1) is 0 Å². The van der Waals surface area contributed by atoms with E-state index in [0.717, 1.165) is 10.8 Å². The Morgan fingerprint density at radius 1 is 0.395 bits per heavy atom. The highest BCUT2D eigenvalue weighted by atomic mass is 15.0. The number of nitrogens with zero attached hydrogens (tertiary/aromatic N) is 2. The largest absolute Gasteiger partial charge is 0.309 e. The molecule has 0 aliphatic heterocycles. The summed E-state index contributed by atoms with van der Waals surface area (Å²) in [5, 5.41) is 1.88. The first-order valence-electron chi connectivity index (χ1n) is 18.1. The molecule has 0 radical (unpaired) electrons. The predicted molar refractivity (Wildman–Crippen MR) is 161 cm³/mol. The summed E-state index contributed by atoms with van der Waals surface area (Å²) in [5.41, 5.74) is 2.21. The minimum absolute atomic E-state index is 0.00873. The Kier molecular flexibility index (Phi) is 2.69. The lowest BCUT2D eigenvalue weighted by Crippen LogP contribution is -1.95. The molecule has 0 aliphatic rings. The van der Waals surface area contributed by atoms with Crippen LogP contribution >= 0.6 is 0 Å². The van der Waals surface area contributed by atoms with E-state index in [-0.39, 0.29) is 69.3 Å². The molecule has 0 bridgehead atoms. The van der Waals surface area contributed by atoms with E-state index in [0.29, 0.717) is 22.3 Å². The van der Waals surface area contributed by atoms with E-state index in [9.17, 15) is 4.11 Å². The van der Waals surface area contributed by atoms with E-state index >= 15 is 0 Å². The predicted octanol–water partition coefficient (Wildman–Crippen LogP) is 9.55. The molecule has 8 aromatic rings. The molecule has 0 saturated heterocycles. The van der Waals surface area contributed by atoms with Gasteiger partial charge in [-0.3, -0.25) is 0 Å². The average Bonchev–Trinajstić information content (AvgIpc) is 3.66. The summed E-state index contributed by atoms with van der Waals surface area (Å²) in [4.78, 5) is 0. The number of benzene rings is 6. The molecule has 0 saturated carbocycles. The van der Waals surface area contributed by atoms with E-state index in [2.05, 4.69) is 0 Å². The second kappa shape index (κ2) is 8.22. The maximum Gasteiger partial charge on any atom is 0.0652 e. The zero-order valence-electron chi connectivity index (χ0n) is 31.8. The van der Waals surface area contributed by atoms with Gasteiger partial charge in [-0.1, -0.05) is 96.9 Å². The van der Waals surface area contributed by atoms with Gasteiger partial charge in [0.15, 0.2) is 0 Å². The van der Waals surface area contributed by atoms with Crippen LogP contribution in [0.4, 0.5) is 0 Å². The van der Waals surface area contributed by atoms with E-state index in [1.807, 2.05) is 48.5 Å². The van der Waals surface area contributed by atoms with Crippen LogP contribution in [0.25, 0.3) is 66.1 Å². The summed E-state index contributed by atoms with van der Waals surface area (Å²) in [6.07, 6.45) is 0. The normalized spacial score (nSPS) is 16.1. The molecule has 0 unspecified atom stereocenters. The Balaban J connectivity index is 1.49. The van der Waals surface area contributed by atoms with Gasteiger partial charge >= 0.3 is 0 Å². The van der Waals surface area contributed by atoms with Crippen molar-refractivity contribution in [3.63, 3.8) is 0 Å². The SMILES string of the molecule is [2H]c1c([2H])c([2H])c(-c2ccc(-n3c4c([2H])c([2H])c([2H])c([2H])c4c4c([2H])c(-n5c6ccccc6c6ccccc65)c([2H])c([2H])c43)cc2)c([2H])c1[2H]. The first-order chi connectivity index (χ1) is 23.9. The lowest BCUT2D eigenvalue weighted by atomic mass is 10.1. The van der Waals surface area contributed by atoms with Crippen molar-refractivity contribution in [3.05, 3.63) is 145 Å². The van der Waals surface area contributed by atoms with Crippen molar-refractivity contribution in [1.29, 1.82) is 0 Å². The topological polar surface area (TPSA) is 9.86 Å². The van der Waals surface area contributed by atoms with Crippen LogP contribution in [-0.2, 0) is 0 Å². The van der Waals surface area contributed by atoms with Crippen LogP contribution in [0.2, 0.25) is 0 Å². The highest BCUT2D eigenvalue weighted by Gasteiger charge is 2.16. The maximum atomic E-state index is 9.62. The molecule has 0 N–H and O–H groups in total. The lowest BCUT2D eigenvalue weighted by molar-refractivity contribution is 1.17. The molecule has 0 fully saturated rings. The van der Waals surface area contributed by atoms with Gasteiger partial charge in [0.05, 0.1) is 38.5 Å². The van der Waals surface area contributed by atoms with Crippen LogP contribution in [-0.4, -0.2) is 9.13 Å². The molecule has 0 spiro atoms. The van der Waals surface area contributed by atoms with Gasteiger partial charge in [0.2, 0.25) is 0 Å². The van der Waals surface area contributed by atoms with Crippen molar-refractivity contribution in [1.82, 2.24) is 9.13 Å². The molecule has 2 heteroatoms. The monoisotopic (exact) mass is 496 g/mol. The fourth-order valence-corrected chi connectivity index (χ4v) is 5.21. The zero-order valence-corrected chi connectivity index (χ0v) is 19.8. The number of hydrogen-bond acceptors (Lipinski definition) is 0. The van der Waals surface area contributed by atoms with Gasteiger partial charge in [0.1, 0.15) is 0 Å². The molecular formula is C36H24N2. The highest BCUT2D eigenvalue weighted by molar-refractivity contribution is 6.12. The summed E-state index contributed by atoms with van der Waals surface area (Å²) >= 11 is 0. The van der Waals surface area contributed by atoms with Gasteiger partial charge < -0.3 is 9.13 Å². The first-order valence-corrected chi connectivity index (χ1v) is 12.1. The first kappa shape index (κ1) is 12.4. The summed E-state index contributed by atoms with van der Waals surface area (Å²) < 4.78 is 107. The zero-order chi connectivity index (χ0) is 35.5. The summed E-state index contributed by atoms with van der Waals surface area (Å²) in [6.45, 7) is 0. The molecule has 6 aromatic carbocycles. The van der Waals surface area contributed by atoms with Gasteiger partial charge in [-0.2, -0.15) is 0 Å². The Bertz CT molecular complexity index is 2700. The lowest BCUT2D eigenvalue weighted by Gasteiger charge is -2.11.